The van der Waals surface area contributed by atoms with E-state index in [-0.39, 0.29) is 41.2 Å². The SMILES string of the molecule is C.C.C.C.CC.CC.CCCS(=O)(=O)[O-].CCCS(=O)(=O)[O-].c1ccc2ccccc2c1.c1ccccc1. The third kappa shape index (κ3) is 40.9. The van der Waals surface area contributed by atoms with Crippen LogP contribution in [0, 0.1) is 0 Å². The van der Waals surface area contributed by atoms with Gasteiger partial charge in [-0.25, -0.2) is 16.8 Å². The van der Waals surface area contributed by atoms with Crippen molar-refractivity contribution >= 4 is 31.0 Å². The second kappa shape index (κ2) is 34.7. The molecule has 226 valence electrons. The van der Waals surface area contributed by atoms with Crippen LogP contribution in [-0.2, 0) is 20.2 Å². The van der Waals surface area contributed by atoms with Gasteiger partial charge in [-0.1, -0.05) is 156 Å². The highest BCUT2D eigenvalue weighted by atomic mass is 32.2. The van der Waals surface area contributed by atoms with Gasteiger partial charge in [0.25, 0.3) is 0 Å². The summed E-state index contributed by atoms with van der Waals surface area (Å²) in [5.74, 6) is -0.486. The molecular formula is C30H56O6S2-2. The summed E-state index contributed by atoms with van der Waals surface area (Å²) in [5.41, 5.74) is 0. The summed E-state index contributed by atoms with van der Waals surface area (Å²) in [6.07, 6.45) is 0.817. The summed E-state index contributed by atoms with van der Waals surface area (Å²) in [5, 5.41) is 2.62. The first-order valence-electron chi connectivity index (χ1n) is 11.4. The lowest BCUT2D eigenvalue weighted by molar-refractivity contribution is 0.460. The molecule has 0 bridgehead atoms. The van der Waals surface area contributed by atoms with E-state index in [9.17, 15) is 25.9 Å². The molecular weight excluding hydrogens is 520 g/mol. The smallest absolute Gasteiger partial charge is 0.0945 e. The van der Waals surface area contributed by atoms with Crippen LogP contribution >= 0.6 is 0 Å². The van der Waals surface area contributed by atoms with Gasteiger partial charge >= 0.3 is 0 Å². The zero-order chi connectivity index (χ0) is 26.9. The summed E-state index contributed by atoms with van der Waals surface area (Å²) >= 11 is 0. The molecule has 0 amide bonds. The molecule has 0 aromatic heterocycles. The highest BCUT2D eigenvalue weighted by Crippen LogP contribution is 2.11. The highest BCUT2D eigenvalue weighted by Gasteiger charge is 1.87. The molecule has 3 aromatic carbocycles. The average Bonchev–Trinajstić information content (AvgIpc) is 2.83. The van der Waals surface area contributed by atoms with Gasteiger partial charge in [0.2, 0.25) is 0 Å². The van der Waals surface area contributed by atoms with Crippen molar-refractivity contribution < 1.29 is 25.9 Å². The van der Waals surface area contributed by atoms with Gasteiger partial charge in [-0.05, 0) is 23.6 Å². The predicted octanol–water partition coefficient (Wildman–Crippen LogP) is 9.01. The van der Waals surface area contributed by atoms with Crippen molar-refractivity contribution in [2.24, 2.45) is 0 Å². The second-order valence-corrected chi connectivity index (χ2v) is 9.07. The quantitative estimate of drug-likeness (QED) is 0.286. The first kappa shape index (κ1) is 52.2. The molecule has 0 radical (unpaired) electrons. The van der Waals surface area contributed by atoms with Gasteiger partial charge in [0, 0.05) is 11.5 Å². The Balaban J connectivity index is -0.0000000634. The Morgan fingerprint density at radius 1 is 0.474 bits per heavy atom. The summed E-state index contributed by atoms with van der Waals surface area (Å²) < 4.78 is 58.1. The van der Waals surface area contributed by atoms with Gasteiger partial charge in [0.1, 0.15) is 0 Å². The Morgan fingerprint density at radius 2 is 0.658 bits per heavy atom. The number of hydrogen-bond donors (Lipinski definition) is 0. The molecule has 38 heavy (non-hydrogen) atoms. The molecule has 0 heterocycles. The van der Waals surface area contributed by atoms with E-state index in [4.69, 9.17) is 0 Å². The third-order valence-corrected chi connectivity index (χ3v) is 5.05. The molecule has 8 heteroatoms. The number of hydrogen-bond acceptors (Lipinski definition) is 6. The lowest BCUT2D eigenvalue weighted by Gasteiger charge is -2.01. The maximum Gasteiger partial charge on any atom is 0.0945 e. The first-order valence-corrected chi connectivity index (χ1v) is 14.6. The van der Waals surface area contributed by atoms with Crippen LogP contribution in [-0.4, -0.2) is 37.4 Å². The predicted molar refractivity (Wildman–Crippen MR) is 170 cm³/mol. The van der Waals surface area contributed by atoms with Crippen molar-refractivity contribution in [3.63, 3.8) is 0 Å². The van der Waals surface area contributed by atoms with Crippen molar-refractivity contribution in [1.29, 1.82) is 0 Å². The lowest BCUT2D eigenvalue weighted by atomic mass is 10.1. The van der Waals surface area contributed by atoms with E-state index in [1.165, 1.54) is 10.8 Å². The fraction of sp³-hybridized carbons (Fsp3) is 0.467. The number of benzene rings is 3. The summed E-state index contributed by atoms with van der Waals surface area (Å²) in [7, 11) is -7.85. The monoisotopic (exact) mass is 576 g/mol. The molecule has 0 spiro atoms. The van der Waals surface area contributed by atoms with E-state index in [2.05, 4.69) is 48.5 Å². The van der Waals surface area contributed by atoms with Gasteiger partial charge < -0.3 is 9.11 Å². The normalized spacial score (nSPS) is 8.53. The molecule has 0 unspecified atom stereocenters. The summed E-state index contributed by atoms with van der Waals surface area (Å²) in [4.78, 5) is 0. The van der Waals surface area contributed by atoms with Crippen LogP contribution in [0.25, 0.3) is 10.8 Å². The minimum Gasteiger partial charge on any atom is -0.748 e. The van der Waals surface area contributed by atoms with E-state index < -0.39 is 20.2 Å². The van der Waals surface area contributed by atoms with Crippen molar-refractivity contribution in [3.05, 3.63) is 84.9 Å². The Bertz CT molecular complexity index is 895. The van der Waals surface area contributed by atoms with E-state index >= 15 is 0 Å². The summed E-state index contributed by atoms with van der Waals surface area (Å²) in [6, 6.07) is 28.7. The topological polar surface area (TPSA) is 114 Å². The fourth-order valence-corrected chi connectivity index (χ4v) is 3.02. The van der Waals surface area contributed by atoms with Crippen LogP contribution in [0.15, 0.2) is 84.9 Å². The Labute approximate surface area is 237 Å². The summed E-state index contributed by atoms with van der Waals surface area (Å²) in [6.45, 7) is 11.3. The van der Waals surface area contributed by atoms with Crippen LogP contribution in [0.2, 0.25) is 0 Å². The standard InChI is InChI=1S/C10H8.C6H6.2C3H8O3S.2C2H6.4CH4/c1-2-6-10-8-4-3-7-9(10)5-1;1-2-4-6-5-3-1;2*1-2-3-7(4,5)6;2*1-2;;;;/h1-8H;1-6H;2*2-3H2,1H3,(H,4,5,6);2*1-2H3;4*1H4/p-2. The van der Waals surface area contributed by atoms with Gasteiger partial charge in [0.15, 0.2) is 0 Å². The molecule has 0 atom stereocenters. The molecule has 0 saturated carbocycles. The van der Waals surface area contributed by atoms with Crippen LogP contribution in [0.5, 0.6) is 0 Å². The highest BCUT2D eigenvalue weighted by molar-refractivity contribution is 7.85. The molecule has 0 aliphatic carbocycles. The number of fused-ring (bicyclic) bond motifs is 1. The molecule has 3 rings (SSSR count). The molecule has 0 saturated heterocycles. The van der Waals surface area contributed by atoms with Crippen molar-refractivity contribution in [1.82, 2.24) is 0 Å². The minimum absolute atomic E-state index is 0. The molecule has 0 N–H and O–H groups in total. The van der Waals surface area contributed by atoms with Gasteiger partial charge in [-0.3, -0.25) is 0 Å². The fourth-order valence-electron chi connectivity index (χ4n) is 2.02. The minimum atomic E-state index is -3.92. The van der Waals surface area contributed by atoms with Crippen molar-refractivity contribution in [2.75, 3.05) is 11.5 Å². The van der Waals surface area contributed by atoms with Crippen LogP contribution < -0.4 is 0 Å². The largest absolute Gasteiger partial charge is 0.748 e. The van der Waals surface area contributed by atoms with E-state index in [1.54, 1.807) is 13.8 Å². The zero-order valence-electron chi connectivity index (χ0n) is 21.2. The third-order valence-electron chi connectivity index (χ3n) is 3.23. The molecule has 3 aromatic rings. The van der Waals surface area contributed by atoms with Gasteiger partial charge in [0.05, 0.1) is 20.2 Å². The van der Waals surface area contributed by atoms with E-state index in [0.29, 0.717) is 12.8 Å². The number of rotatable bonds is 4. The molecule has 0 aliphatic rings. The molecule has 0 fully saturated rings. The van der Waals surface area contributed by atoms with E-state index in [1.807, 2.05) is 64.1 Å². The van der Waals surface area contributed by atoms with Gasteiger partial charge in [-0.2, -0.15) is 0 Å². The Hall–Kier alpha value is -2.26. The Morgan fingerprint density at radius 3 is 0.763 bits per heavy atom. The molecule has 0 aliphatic heterocycles. The maximum absolute atomic E-state index is 9.68. The Kier molecular flexibility index (Phi) is 47.7. The second-order valence-electron chi connectivity index (χ2n) is 6.03. The average molecular weight is 577 g/mol. The van der Waals surface area contributed by atoms with Gasteiger partial charge in [-0.15, -0.1) is 0 Å². The molecule has 6 nitrogen and oxygen atoms in total. The van der Waals surface area contributed by atoms with E-state index in [0.717, 1.165) is 0 Å². The van der Waals surface area contributed by atoms with Crippen LogP contribution in [0.4, 0.5) is 0 Å². The van der Waals surface area contributed by atoms with Crippen molar-refractivity contribution in [3.8, 4) is 0 Å². The maximum atomic E-state index is 9.68. The van der Waals surface area contributed by atoms with Crippen molar-refractivity contribution in [2.45, 2.75) is 84.1 Å². The zero-order valence-corrected chi connectivity index (χ0v) is 22.8. The van der Waals surface area contributed by atoms with Crippen LogP contribution in [0.3, 0.4) is 0 Å². The van der Waals surface area contributed by atoms with Crippen LogP contribution in [0.1, 0.15) is 84.1 Å². The first-order chi connectivity index (χ1) is 16.1. The lowest BCUT2D eigenvalue weighted by Crippen LogP contribution is -2.01.